The molecule has 0 spiro atoms. The molecule has 0 saturated heterocycles. The number of hydrogen-bond donors (Lipinski definition) is 0. The van der Waals surface area contributed by atoms with Gasteiger partial charge in [0.1, 0.15) is 0 Å². The van der Waals surface area contributed by atoms with Crippen molar-refractivity contribution in [3.05, 3.63) is 57.9 Å². The molecule has 1 unspecified atom stereocenters. The largest absolute Gasteiger partial charge is 0.346 e. The van der Waals surface area contributed by atoms with E-state index in [0.717, 1.165) is 15.8 Å². The molecule has 0 fully saturated rings. The Labute approximate surface area is 154 Å². The van der Waals surface area contributed by atoms with E-state index in [-0.39, 0.29) is 24.0 Å². The fourth-order valence-electron chi connectivity index (χ4n) is 3.99. The molecule has 2 aromatic heterocycles. The predicted octanol–water partition coefficient (Wildman–Crippen LogP) is 3.38. The minimum absolute atomic E-state index is 0.0289. The molecule has 3 heterocycles. The van der Waals surface area contributed by atoms with E-state index in [1.54, 1.807) is 13.0 Å². The van der Waals surface area contributed by atoms with Crippen molar-refractivity contribution < 1.29 is 14.4 Å². The molecule has 0 bridgehead atoms. The number of carbonyl (C=O) groups is 3. The van der Waals surface area contributed by atoms with E-state index in [1.165, 1.54) is 18.4 Å². The van der Waals surface area contributed by atoms with Crippen molar-refractivity contribution >= 4 is 39.8 Å². The first kappa shape index (κ1) is 16.7. The second-order valence-electron chi connectivity index (χ2n) is 6.88. The molecule has 1 aromatic carbocycles. The molecule has 1 aliphatic rings. The number of carbonyl (C=O) groups excluding carboxylic acids is 3. The predicted molar refractivity (Wildman–Crippen MR) is 101 cm³/mol. The quantitative estimate of drug-likeness (QED) is 0.527. The Morgan fingerprint density at radius 3 is 2.54 bits per heavy atom. The molecule has 26 heavy (non-hydrogen) atoms. The summed E-state index contributed by atoms with van der Waals surface area (Å²) in [5, 5.41) is 2.65. The third-order valence-corrected chi connectivity index (χ3v) is 6.15. The van der Waals surface area contributed by atoms with E-state index in [4.69, 9.17) is 0 Å². The number of benzene rings is 1. The molecule has 1 atom stereocenters. The third kappa shape index (κ3) is 2.12. The zero-order valence-corrected chi connectivity index (χ0v) is 15.6. The number of hydrogen-bond acceptors (Lipinski definition) is 4. The van der Waals surface area contributed by atoms with Crippen molar-refractivity contribution in [1.82, 2.24) is 9.47 Å². The summed E-state index contributed by atoms with van der Waals surface area (Å²) in [6.07, 6.45) is 0.0289. The molecule has 1 aliphatic heterocycles. The topological polar surface area (TPSA) is 59.4 Å². The van der Waals surface area contributed by atoms with E-state index in [2.05, 4.69) is 0 Å². The van der Waals surface area contributed by atoms with Crippen LogP contribution >= 0.6 is 11.3 Å². The lowest BCUT2D eigenvalue weighted by Crippen LogP contribution is -2.52. The Hall–Kier alpha value is -2.73. The molecule has 0 aliphatic carbocycles. The molecule has 6 heteroatoms. The van der Waals surface area contributed by atoms with Gasteiger partial charge in [-0.1, -0.05) is 24.3 Å². The highest BCUT2D eigenvalue weighted by atomic mass is 32.1. The fraction of sp³-hybridized carbons (Fsp3) is 0.250. The summed E-state index contributed by atoms with van der Waals surface area (Å²) >= 11 is 1.36. The van der Waals surface area contributed by atoms with Crippen LogP contribution < -0.4 is 0 Å². The summed E-state index contributed by atoms with van der Waals surface area (Å²) in [4.78, 5) is 40.5. The van der Waals surface area contributed by atoms with E-state index in [9.17, 15) is 14.4 Å². The highest BCUT2D eigenvalue weighted by Gasteiger charge is 2.50. The number of fused-ring (bicyclic) bond motifs is 3. The van der Waals surface area contributed by atoms with Crippen LogP contribution in [0.2, 0.25) is 0 Å². The molecule has 0 saturated carbocycles. The highest BCUT2D eigenvalue weighted by molar-refractivity contribution is 7.12. The summed E-state index contributed by atoms with van der Waals surface area (Å²) in [6, 6.07) is 11.2. The minimum atomic E-state index is -1.09. The molecule has 3 aromatic rings. The molecular formula is C20H18N2O3S. The SMILES string of the molecule is CN1C(=O)c2c(n(C)c3ccccc23)C(C)(CC(=O)c2cccs2)C1=O. The van der Waals surface area contributed by atoms with Gasteiger partial charge < -0.3 is 4.57 Å². The van der Waals surface area contributed by atoms with Gasteiger partial charge in [-0.3, -0.25) is 19.3 Å². The molecule has 0 radical (unpaired) electrons. The van der Waals surface area contributed by atoms with E-state index in [0.29, 0.717) is 16.1 Å². The standard InChI is InChI=1S/C20H18N2O3S/c1-20(11-14(23)15-9-6-10-26-15)17-16(18(24)22(3)19(20)25)12-7-4-5-8-13(12)21(17)2/h4-10H,11H2,1-3H3. The monoisotopic (exact) mass is 366 g/mol. The number of ketones is 1. The number of Topliss-reactive ketones (excluding diaryl/α,β-unsaturated/α-hetero) is 1. The van der Waals surface area contributed by atoms with Crippen LogP contribution in [-0.2, 0) is 17.3 Å². The molecule has 0 N–H and O–H groups in total. The number of aromatic nitrogens is 1. The van der Waals surface area contributed by atoms with Crippen LogP contribution in [0.3, 0.4) is 0 Å². The van der Waals surface area contributed by atoms with Gasteiger partial charge >= 0.3 is 0 Å². The maximum Gasteiger partial charge on any atom is 0.262 e. The van der Waals surface area contributed by atoms with E-state index >= 15 is 0 Å². The van der Waals surface area contributed by atoms with Gasteiger partial charge in [0, 0.05) is 37.1 Å². The summed E-state index contributed by atoms with van der Waals surface area (Å²) in [7, 11) is 3.34. The van der Waals surface area contributed by atoms with Gasteiger partial charge in [-0.15, -0.1) is 11.3 Å². The van der Waals surface area contributed by atoms with Gasteiger partial charge in [0.05, 0.1) is 15.9 Å². The van der Waals surface area contributed by atoms with Gasteiger partial charge in [0.15, 0.2) is 5.78 Å². The number of thiophene rings is 1. The minimum Gasteiger partial charge on any atom is -0.346 e. The Balaban J connectivity index is 1.96. The average molecular weight is 366 g/mol. The van der Waals surface area contributed by atoms with Crippen molar-refractivity contribution in [1.29, 1.82) is 0 Å². The number of para-hydroxylation sites is 1. The fourth-order valence-corrected chi connectivity index (χ4v) is 4.66. The number of nitrogens with zero attached hydrogens (tertiary/aromatic N) is 2. The van der Waals surface area contributed by atoms with Crippen LogP contribution in [-0.4, -0.2) is 34.1 Å². The zero-order valence-electron chi connectivity index (χ0n) is 14.8. The van der Waals surface area contributed by atoms with Crippen LogP contribution in [0.5, 0.6) is 0 Å². The Morgan fingerprint density at radius 2 is 1.85 bits per heavy atom. The maximum absolute atomic E-state index is 13.1. The number of rotatable bonds is 3. The zero-order chi connectivity index (χ0) is 18.6. The lowest BCUT2D eigenvalue weighted by molar-refractivity contribution is -0.133. The maximum atomic E-state index is 13.1. The first-order valence-electron chi connectivity index (χ1n) is 8.33. The van der Waals surface area contributed by atoms with Crippen LogP contribution in [0, 0.1) is 0 Å². The van der Waals surface area contributed by atoms with Crippen LogP contribution in [0.15, 0.2) is 41.8 Å². The molecule has 132 valence electrons. The van der Waals surface area contributed by atoms with Crippen molar-refractivity contribution in [3.8, 4) is 0 Å². The second kappa shape index (κ2) is 5.64. The van der Waals surface area contributed by atoms with Crippen LogP contribution in [0.4, 0.5) is 0 Å². The van der Waals surface area contributed by atoms with Crippen LogP contribution in [0.25, 0.3) is 10.9 Å². The number of imide groups is 1. The first-order valence-corrected chi connectivity index (χ1v) is 9.21. The Kier molecular flexibility index (Phi) is 3.63. The number of likely N-dealkylation sites (N-methyl/N-ethyl adjacent to an activating group) is 1. The van der Waals surface area contributed by atoms with Crippen molar-refractivity contribution in [2.45, 2.75) is 18.8 Å². The summed E-state index contributed by atoms with van der Waals surface area (Å²) in [5.41, 5.74) is 0.930. The third-order valence-electron chi connectivity index (χ3n) is 5.23. The van der Waals surface area contributed by atoms with Crippen LogP contribution in [0.1, 0.15) is 39.1 Å². The molecule has 2 amide bonds. The Bertz CT molecular complexity index is 1060. The molecule has 5 nitrogen and oxygen atoms in total. The van der Waals surface area contributed by atoms with Gasteiger partial charge in [0.2, 0.25) is 5.91 Å². The molecular weight excluding hydrogens is 348 g/mol. The lowest BCUT2D eigenvalue weighted by atomic mass is 9.75. The van der Waals surface area contributed by atoms with E-state index < -0.39 is 5.41 Å². The normalized spacial score (nSPS) is 19.9. The molecule has 4 rings (SSSR count). The van der Waals surface area contributed by atoms with Crippen molar-refractivity contribution in [2.75, 3.05) is 7.05 Å². The van der Waals surface area contributed by atoms with E-state index in [1.807, 2.05) is 47.3 Å². The summed E-state index contributed by atoms with van der Waals surface area (Å²) in [6.45, 7) is 1.77. The number of amides is 2. The average Bonchev–Trinajstić information content (AvgIpc) is 3.26. The Morgan fingerprint density at radius 1 is 1.12 bits per heavy atom. The van der Waals surface area contributed by atoms with Gasteiger partial charge in [-0.05, 0) is 24.4 Å². The van der Waals surface area contributed by atoms with Crippen molar-refractivity contribution in [2.24, 2.45) is 7.05 Å². The van der Waals surface area contributed by atoms with Gasteiger partial charge in [-0.25, -0.2) is 0 Å². The second-order valence-corrected chi connectivity index (χ2v) is 7.83. The van der Waals surface area contributed by atoms with Gasteiger partial charge in [0.25, 0.3) is 5.91 Å². The lowest BCUT2D eigenvalue weighted by Gasteiger charge is -2.37. The summed E-state index contributed by atoms with van der Waals surface area (Å²) in [5.74, 6) is -0.747. The highest BCUT2D eigenvalue weighted by Crippen LogP contribution is 2.42. The summed E-state index contributed by atoms with van der Waals surface area (Å²) < 4.78 is 1.88. The smallest absolute Gasteiger partial charge is 0.262 e. The number of aryl methyl sites for hydroxylation is 1. The first-order chi connectivity index (χ1) is 12.4. The van der Waals surface area contributed by atoms with Gasteiger partial charge in [-0.2, -0.15) is 0 Å². The van der Waals surface area contributed by atoms with Crippen molar-refractivity contribution in [3.63, 3.8) is 0 Å².